The lowest BCUT2D eigenvalue weighted by molar-refractivity contribution is -0.132. The van der Waals surface area contributed by atoms with Crippen molar-refractivity contribution in [1.29, 1.82) is 0 Å². The first kappa shape index (κ1) is 14.0. The lowest BCUT2D eigenvalue weighted by Gasteiger charge is -2.02. The molecule has 0 amide bonds. The van der Waals surface area contributed by atoms with Gasteiger partial charge in [-0.2, -0.15) is 0 Å². The van der Waals surface area contributed by atoms with Crippen LogP contribution in [-0.2, 0) is 11.3 Å². The second-order valence-corrected chi connectivity index (χ2v) is 5.04. The number of aryl methyl sites for hydroxylation is 1. The van der Waals surface area contributed by atoms with Crippen molar-refractivity contribution in [1.82, 2.24) is 4.57 Å². The smallest absolute Gasteiger partial charge is 0.331 e. The third kappa shape index (κ3) is 2.48. The van der Waals surface area contributed by atoms with Gasteiger partial charge in [0, 0.05) is 28.1 Å². The van der Waals surface area contributed by atoms with Crippen molar-refractivity contribution in [2.45, 2.75) is 20.4 Å². The van der Waals surface area contributed by atoms with Gasteiger partial charge in [0.25, 0.3) is 0 Å². The van der Waals surface area contributed by atoms with E-state index in [1.165, 1.54) is 0 Å². The molecule has 0 aliphatic carbocycles. The summed E-state index contributed by atoms with van der Waals surface area (Å²) in [6.07, 6.45) is 1.59. The van der Waals surface area contributed by atoms with E-state index >= 15 is 0 Å². The van der Waals surface area contributed by atoms with E-state index < -0.39 is 5.97 Å². The lowest BCUT2D eigenvalue weighted by Crippen LogP contribution is -1.96. The number of nitrogens with zero attached hydrogens (tertiary/aromatic N) is 1. The molecule has 2 rings (SSSR count). The fourth-order valence-corrected chi connectivity index (χ4v) is 2.58. The number of hydrogen-bond donors (Lipinski definition) is 1. The molecule has 0 bridgehead atoms. The molecular weight excluding hydrogens is 285 g/mol. The molecule has 1 aromatic carbocycles. The number of rotatable bonds is 3. The highest BCUT2D eigenvalue weighted by molar-refractivity contribution is 6.34. The average molecular weight is 298 g/mol. The van der Waals surface area contributed by atoms with Gasteiger partial charge in [-0.3, -0.25) is 0 Å². The molecule has 1 N–H and O–H groups in total. The van der Waals surface area contributed by atoms with Crippen LogP contribution in [0.3, 0.4) is 0 Å². The third-order valence-electron chi connectivity index (χ3n) is 3.01. The number of hydrogen-bond acceptors (Lipinski definition) is 1. The summed E-state index contributed by atoms with van der Waals surface area (Å²) >= 11 is 12.3. The molecule has 0 atom stereocenters. The van der Waals surface area contributed by atoms with Crippen molar-refractivity contribution in [3.05, 3.63) is 39.5 Å². The third-order valence-corrected chi connectivity index (χ3v) is 3.66. The molecule has 2 aromatic rings. The number of carbonyl (C=O) groups is 1. The van der Waals surface area contributed by atoms with Crippen LogP contribution < -0.4 is 0 Å². The summed E-state index contributed by atoms with van der Waals surface area (Å²) in [4.78, 5) is 10.9. The zero-order valence-corrected chi connectivity index (χ0v) is 12.1. The van der Waals surface area contributed by atoms with E-state index in [-0.39, 0.29) is 5.57 Å². The number of carboxylic acid groups (broad SMARTS) is 1. The summed E-state index contributed by atoms with van der Waals surface area (Å²) in [5.74, 6) is -0.956. The minimum Gasteiger partial charge on any atom is -0.478 e. The minimum atomic E-state index is -0.956. The van der Waals surface area contributed by atoms with Gasteiger partial charge in [-0.25, -0.2) is 4.79 Å². The predicted molar refractivity (Wildman–Crippen MR) is 78.9 cm³/mol. The summed E-state index contributed by atoms with van der Waals surface area (Å²) in [7, 11) is 0. The van der Waals surface area contributed by atoms with Crippen LogP contribution in [0.5, 0.6) is 0 Å². The SMILES string of the molecule is CCn1c(Cl)c(/C=C(\C)C(=O)O)c2ccc(Cl)cc21. The number of aromatic nitrogens is 1. The van der Waals surface area contributed by atoms with Crippen LogP contribution >= 0.6 is 23.2 Å². The van der Waals surface area contributed by atoms with Crippen LogP contribution in [0.1, 0.15) is 19.4 Å². The molecule has 100 valence electrons. The van der Waals surface area contributed by atoms with Gasteiger partial charge < -0.3 is 9.67 Å². The summed E-state index contributed by atoms with van der Waals surface area (Å²) < 4.78 is 1.91. The first-order valence-corrected chi connectivity index (χ1v) is 6.60. The van der Waals surface area contributed by atoms with Gasteiger partial charge in [0.15, 0.2) is 0 Å². The van der Waals surface area contributed by atoms with Gasteiger partial charge >= 0.3 is 5.97 Å². The molecule has 0 spiro atoms. The molecular formula is C14H13Cl2NO2. The number of carboxylic acids is 1. The summed E-state index contributed by atoms with van der Waals surface area (Å²) in [6.45, 7) is 4.21. The van der Waals surface area contributed by atoms with Crippen LogP contribution in [0.2, 0.25) is 10.2 Å². The lowest BCUT2D eigenvalue weighted by atomic mass is 10.1. The molecule has 1 aromatic heterocycles. The maximum atomic E-state index is 10.9. The number of benzene rings is 1. The van der Waals surface area contributed by atoms with Gasteiger partial charge in [0.05, 0.1) is 5.52 Å². The second kappa shape index (κ2) is 5.27. The van der Waals surface area contributed by atoms with E-state index in [0.717, 1.165) is 16.5 Å². The molecule has 1 heterocycles. The quantitative estimate of drug-likeness (QED) is 0.850. The molecule has 0 saturated carbocycles. The maximum Gasteiger partial charge on any atom is 0.331 e. The Morgan fingerprint density at radius 1 is 1.42 bits per heavy atom. The molecule has 3 nitrogen and oxygen atoms in total. The van der Waals surface area contributed by atoms with Crippen LogP contribution in [-0.4, -0.2) is 15.6 Å². The maximum absolute atomic E-state index is 10.9. The van der Waals surface area contributed by atoms with Crippen molar-refractivity contribution in [3.63, 3.8) is 0 Å². The van der Waals surface area contributed by atoms with E-state index in [4.69, 9.17) is 28.3 Å². The van der Waals surface area contributed by atoms with Gasteiger partial charge in [0.1, 0.15) is 5.15 Å². The summed E-state index contributed by atoms with van der Waals surface area (Å²) in [5, 5.41) is 11.0. The Morgan fingerprint density at radius 2 is 2.11 bits per heavy atom. The van der Waals surface area contributed by atoms with Gasteiger partial charge in [-0.15, -0.1) is 0 Å². The highest BCUT2D eigenvalue weighted by atomic mass is 35.5. The van der Waals surface area contributed by atoms with Gasteiger partial charge in [0.2, 0.25) is 0 Å². The van der Waals surface area contributed by atoms with Gasteiger partial charge in [-0.1, -0.05) is 29.3 Å². The molecule has 0 aliphatic rings. The molecule has 19 heavy (non-hydrogen) atoms. The Labute approximate surface area is 121 Å². The van der Waals surface area contributed by atoms with Crippen molar-refractivity contribution in [2.75, 3.05) is 0 Å². The van der Waals surface area contributed by atoms with E-state index in [1.54, 1.807) is 19.1 Å². The Morgan fingerprint density at radius 3 is 2.68 bits per heavy atom. The van der Waals surface area contributed by atoms with Crippen LogP contribution in [0.15, 0.2) is 23.8 Å². The highest BCUT2D eigenvalue weighted by Gasteiger charge is 2.14. The fraction of sp³-hybridized carbons (Fsp3) is 0.214. The van der Waals surface area contributed by atoms with Crippen molar-refractivity contribution >= 4 is 46.2 Å². The molecule has 0 saturated heterocycles. The van der Waals surface area contributed by atoms with E-state index in [9.17, 15) is 4.79 Å². The highest BCUT2D eigenvalue weighted by Crippen LogP contribution is 2.33. The van der Waals surface area contributed by atoms with E-state index in [0.29, 0.717) is 16.7 Å². The standard InChI is InChI=1S/C14H13Cl2NO2/c1-3-17-12-7-9(15)4-5-10(12)11(13(17)16)6-8(2)14(18)19/h4-7H,3H2,1-2H3,(H,18,19)/b8-6+. The monoisotopic (exact) mass is 297 g/mol. The number of halogens is 2. The molecule has 0 radical (unpaired) electrons. The topological polar surface area (TPSA) is 42.2 Å². The van der Waals surface area contributed by atoms with Crippen LogP contribution in [0.25, 0.3) is 17.0 Å². The number of fused-ring (bicyclic) bond motifs is 1. The Hall–Kier alpha value is -1.45. The average Bonchev–Trinajstić information content (AvgIpc) is 2.61. The summed E-state index contributed by atoms with van der Waals surface area (Å²) in [6, 6.07) is 5.46. The fourth-order valence-electron chi connectivity index (χ4n) is 2.04. The van der Waals surface area contributed by atoms with E-state index in [1.807, 2.05) is 23.6 Å². The van der Waals surface area contributed by atoms with Crippen LogP contribution in [0.4, 0.5) is 0 Å². The normalized spacial score (nSPS) is 12.1. The predicted octanol–water partition coefficient (Wildman–Crippen LogP) is 4.46. The zero-order valence-electron chi connectivity index (χ0n) is 10.6. The number of aliphatic carboxylic acids is 1. The molecule has 0 fully saturated rings. The Bertz CT molecular complexity index is 686. The summed E-state index contributed by atoms with van der Waals surface area (Å²) in [5.41, 5.74) is 1.87. The van der Waals surface area contributed by atoms with Crippen molar-refractivity contribution in [3.8, 4) is 0 Å². The van der Waals surface area contributed by atoms with Crippen LogP contribution in [0, 0.1) is 0 Å². The van der Waals surface area contributed by atoms with Gasteiger partial charge in [-0.05, 0) is 32.1 Å². The Kier molecular flexibility index (Phi) is 3.88. The van der Waals surface area contributed by atoms with E-state index in [2.05, 4.69) is 0 Å². The molecule has 0 unspecified atom stereocenters. The minimum absolute atomic E-state index is 0.243. The largest absolute Gasteiger partial charge is 0.478 e. The van der Waals surface area contributed by atoms with Crippen molar-refractivity contribution in [2.24, 2.45) is 0 Å². The Balaban J connectivity index is 2.78. The first-order chi connectivity index (χ1) is 8.95. The first-order valence-electron chi connectivity index (χ1n) is 5.84. The molecule has 5 heteroatoms. The molecule has 0 aliphatic heterocycles. The van der Waals surface area contributed by atoms with Crippen molar-refractivity contribution < 1.29 is 9.90 Å². The zero-order chi connectivity index (χ0) is 14.2. The second-order valence-electron chi connectivity index (χ2n) is 4.24.